The molecule has 0 aliphatic heterocycles. The van der Waals surface area contributed by atoms with Crippen LogP contribution in [0, 0.1) is 6.92 Å². The summed E-state index contributed by atoms with van der Waals surface area (Å²) in [6.45, 7) is 2.68. The smallest absolute Gasteiger partial charge is 0.150 e. The van der Waals surface area contributed by atoms with Crippen molar-refractivity contribution in [2.24, 2.45) is 0 Å². The lowest BCUT2D eigenvalue weighted by molar-refractivity contribution is 0.112. The molecule has 0 amide bonds. The van der Waals surface area contributed by atoms with Crippen LogP contribution >= 0.6 is 0 Å². The van der Waals surface area contributed by atoms with Crippen LogP contribution in [0.25, 0.3) is 0 Å². The molecule has 2 rings (SSSR count). The van der Waals surface area contributed by atoms with Crippen molar-refractivity contribution in [3.05, 3.63) is 65.2 Å². The quantitative estimate of drug-likeness (QED) is 0.555. The zero-order valence-corrected chi connectivity index (χ0v) is 11.8. The molecule has 0 heterocycles. The molecular weight excluding hydrogens is 248 g/mol. The van der Waals surface area contributed by atoms with E-state index in [1.807, 2.05) is 25.1 Å². The van der Waals surface area contributed by atoms with Gasteiger partial charge in [-0.1, -0.05) is 30.3 Å². The fourth-order valence-electron chi connectivity index (χ4n) is 2.17. The molecule has 0 fully saturated rings. The summed E-state index contributed by atoms with van der Waals surface area (Å²) >= 11 is 0. The van der Waals surface area contributed by atoms with E-state index in [-0.39, 0.29) is 0 Å². The van der Waals surface area contributed by atoms with E-state index in [1.54, 1.807) is 6.07 Å². The van der Waals surface area contributed by atoms with E-state index < -0.39 is 0 Å². The zero-order valence-electron chi connectivity index (χ0n) is 11.8. The van der Waals surface area contributed by atoms with Gasteiger partial charge in [-0.15, -0.1) is 0 Å². The molecule has 0 spiro atoms. The average molecular weight is 268 g/mol. The molecule has 20 heavy (non-hydrogen) atoms. The van der Waals surface area contributed by atoms with Crippen LogP contribution in [0.15, 0.2) is 48.5 Å². The van der Waals surface area contributed by atoms with Gasteiger partial charge in [0.15, 0.2) is 0 Å². The second-order valence-electron chi connectivity index (χ2n) is 4.93. The van der Waals surface area contributed by atoms with Crippen molar-refractivity contribution in [1.29, 1.82) is 0 Å². The molecule has 2 heteroatoms. The first-order chi connectivity index (χ1) is 9.79. The molecule has 0 aliphatic carbocycles. The van der Waals surface area contributed by atoms with Gasteiger partial charge in [0.25, 0.3) is 0 Å². The van der Waals surface area contributed by atoms with Crippen LogP contribution in [0.1, 0.15) is 34.3 Å². The predicted molar refractivity (Wildman–Crippen MR) is 81.4 cm³/mol. The highest BCUT2D eigenvalue weighted by Crippen LogP contribution is 2.18. The third-order valence-electron chi connectivity index (χ3n) is 3.30. The van der Waals surface area contributed by atoms with Gasteiger partial charge in [-0.3, -0.25) is 4.79 Å². The van der Waals surface area contributed by atoms with Crippen molar-refractivity contribution in [2.45, 2.75) is 26.2 Å². The Bertz CT molecular complexity index is 547. The van der Waals surface area contributed by atoms with Crippen molar-refractivity contribution in [2.75, 3.05) is 6.61 Å². The number of ether oxygens (including phenoxy) is 1. The van der Waals surface area contributed by atoms with Crippen LogP contribution in [-0.4, -0.2) is 12.9 Å². The molecule has 104 valence electrons. The van der Waals surface area contributed by atoms with E-state index in [9.17, 15) is 4.79 Å². The first-order valence-corrected chi connectivity index (χ1v) is 7.02. The maximum absolute atomic E-state index is 10.7. The summed E-state index contributed by atoms with van der Waals surface area (Å²) in [5, 5.41) is 0. The number of aryl methyl sites for hydroxylation is 2. The van der Waals surface area contributed by atoms with Gasteiger partial charge in [0.1, 0.15) is 12.0 Å². The summed E-state index contributed by atoms with van der Waals surface area (Å²) < 4.78 is 5.76. The lowest BCUT2D eigenvalue weighted by atomic mass is 10.1. The summed E-state index contributed by atoms with van der Waals surface area (Å²) in [7, 11) is 0. The number of benzene rings is 2. The van der Waals surface area contributed by atoms with Crippen LogP contribution in [-0.2, 0) is 6.42 Å². The van der Waals surface area contributed by atoms with Gasteiger partial charge in [0.05, 0.1) is 6.61 Å². The third-order valence-corrected chi connectivity index (χ3v) is 3.30. The van der Waals surface area contributed by atoms with Crippen molar-refractivity contribution >= 4 is 6.29 Å². The molecule has 2 aromatic rings. The van der Waals surface area contributed by atoms with E-state index in [2.05, 4.69) is 24.3 Å². The lowest BCUT2D eigenvalue weighted by Crippen LogP contribution is -2.00. The van der Waals surface area contributed by atoms with Gasteiger partial charge < -0.3 is 4.74 Å². The molecule has 2 aromatic carbocycles. The molecule has 0 atom stereocenters. The van der Waals surface area contributed by atoms with Crippen molar-refractivity contribution in [1.82, 2.24) is 0 Å². The normalized spacial score (nSPS) is 10.2. The topological polar surface area (TPSA) is 26.3 Å². The van der Waals surface area contributed by atoms with Crippen LogP contribution < -0.4 is 4.74 Å². The Hall–Kier alpha value is -2.09. The number of aldehydes is 1. The second-order valence-corrected chi connectivity index (χ2v) is 4.93. The van der Waals surface area contributed by atoms with E-state index in [0.29, 0.717) is 12.2 Å². The summed E-state index contributed by atoms with van der Waals surface area (Å²) in [5.41, 5.74) is 3.08. The first-order valence-electron chi connectivity index (χ1n) is 7.02. The van der Waals surface area contributed by atoms with Crippen molar-refractivity contribution < 1.29 is 9.53 Å². The summed E-state index contributed by atoms with van der Waals surface area (Å²) in [6.07, 6.45) is 4.10. The minimum atomic E-state index is 0.693. The van der Waals surface area contributed by atoms with Gasteiger partial charge in [-0.05, 0) is 55.5 Å². The maximum Gasteiger partial charge on any atom is 0.150 e. The fourth-order valence-corrected chi connectivity index (χ4v) is 2.17. The number of carbonyl (C=O) groups is 1. The molecular formula is C18H20O2. The summed E-state index contributed by atoms with van der Waals surface area (Å²) in [6, 6.07) is 16.0. The van der Waals surface area contributed by atoms with E-state index >= 15 is 0 Å². The fraction of sp³-hybridized carbons (Fsp3) is 0.278. The molecule has 0 aliphatic rings. The SMILES string of the molecule is Cc1cc(C=O)ccc1OCCCCc1ccccc1. The highest BCUT2D eigenvalue weighted by Gasteiger charge is 2.01. The highest BCUT2D eigenvalue weighted by atomic mass is 16.5. The molecule has 2 nitrogen and oxygen atoms in total. The third kappa shape index (κ3) is 4.23. The number of hydrogen-bond acceptors (Lipinski definition) is 2. The Morgan fingerprint density at radius 2 is 1.85 bits per heavy atom. The largest absolute Gasteiger partial charge is 0.493 e. The minimum Gasteiger partial charge on any atom is -0.493 e. The number of rotatable bonds is 7. The van der Waals surface area contributed by atoms with E-state index in [4.69, 9.17) is 4.74 Å². The first kappa shape index (κ1) is 14.3. The predicted octanol–water partition coefficient (Wildman–Crippen LogP) is 4.21. The highest BCUT2D eigenvalue weighted by molar-refractivity contribution is 5.75. The van der Waals surface area contributed by atoms with Gasteiger partial charge >= 0.3 is 0 Å². The van der Waals surface area contributed by atoms with Crippen LogP contribution in [0.4, 0.5) is 0 Å². The van der Waals surface area contributed by atoms with Gasteiger partial charge in [0, 0.05) is 5.56 Å². The molecule has 0 saturated carbocycles. The molecule has 0 unspecified atom stereocenters. The van der Waals surface area contributed by atoms with Crippen molar-refractivity contribution in [3.63, 3.8) is 0 Å². The number of unbranched alkanes of at least 4 members (excludes halogenated alkanes) is 1. The maximum atomic E-state index is 10.7. The Kier molecular flexibility index (Phi) is 5.36. The Labute approximate surface area is 120 Å². The number of hydrogen-bond donors (Lipinski definition) is 0. The Morgan fingerprint density at radius 1 is 1.05 bits per heavy atom. The Morgan fingerprint density at radius 3 is 2.55 bits per heavy atom. The average Bonchev–Trinajstić information content (AvgIpc) is 2.49. The van der Waals surface area contributed by atoms with Crippen LogP contribution in [0.3, 0.4) is 0 Å². The van der Waals surface area contributed by atoms with E-state index in [0.717, 1.165) is 36.9 Å². The second kappa shape index (κ2) is 7.49. The van der Waals surface area contributed by atoms with Crippen molar-refractivity contribution in [3.8, 4) is 5.75 Å². The standard InChI is InChI=1S/C18H20O2/c1-15-13-17(14-19)10-11-18(15)20-12-6-5-9-16-7-3-2-4-8-16/h2-4,7-8,10-11,13-14H,5-6,9,12H2,1H3. The summed E-state index contributed by atoms with van der Waals surface area (Å²) in [4.78, 5) is 10.7. The molecule has 0 saturated heterocycles. The summed E-state index contributed by atoms with van der Waals surface area (Å²) in [5.74, 6) is 0.871. The minimum absolute atomic E-state index is 0.693. The number of carbonyl (C=O) groups excluding carboxylic acids is 1. The molecule has 0 N–H and O–H groups in total. The molecule has 0 radical (unpaired) electrons. The van der Waals surface area contributed by atoms with Gasteiger partial charge in [-0.2, -0.15) is 0 Å². The van der Waals surface area contributed by atoms with Crippen LogP contribution in [0.5, 0.6) is 5.75 Å². The zero-order chi connectivity index (χ0) is 14.2. The molecule has 0 aromatic heterocycles. The lowest BCUT2D eigenvalue weighted by Gasteiger charge is -2.09. The Balaban J connectivity index is 1.72. The van der Waals surface area contributed by atoms with Crippen LogP contribution in [0.2, 0.25) is 0 Å². The van der Waals surface area contributed by atoms with E-state index in [1.165, 1.54) is 5.56 Å². The van der Waals surface area contributed by atoms with Gasteiger partial charge in [0.2, 0.25) is 0 Å². The monoisotopic (exact) mass is 268 g/mol. The molecule has 0 bridgehead atoms. The van der Waals surface area contributed by atoms with Gasteiger partial charge in [-0.25, -0.2) is 0 Å².